The fourth-order valence-corrected chi connectivity index (χ4v) is 2.21. The van der Waals surface area contributed by atoms with Gasteiger partial charge in [-0.3, -0.25) is 4.79 Å². The highest BCUT2D eigenvalue weighted by molar-refractivity contribution is 5.92. The van der Waals surface area contributed by atoms with Gasteiger partial charge in [-0.2, -0.15) is 5.26 Å². The van der Waals surface area contributed by atoms with Gasteiger partial charge in [0.1, 0.15) is 0 Å². The van der Waals surface area contributed by atoms with E-state index in [1.165, 1.54) is 13.2 Å². The zero-order valence-corrected chi connectivity index (χ0v) is 14.0. The summed E-state index contributed by atoms with van der Waals surface area (Å²) in [4.78, 5) is 23.4. The molecule has 0 aliphatic carbocycles. The highest BCUT2D eigenvalue weighted by atomic mass is 16.5. The minimum absolute atomic E-state index is 0.174. The van der Waals surface area contributed by atoms with E-state index in [2.05, 4.69) is 16.1 Å². The third kappa shape index (κ3) is 5.05. The van der Waals surface area contributed by atoms with Gasteiger partial charge in [-0.25, -0.2) is 4.79 Å². The minimum atomic E-state index is -0.399. The summed E-state index contributed by atoms with van der Waals surface area (Å²) in [7, 11) is 1.33. The third-order valence-corrected chi connectivity index (χ3v) is 3.66. The van der Waals surface area contributed by atoms with E-state index in [0.29, 0.717) is 11.1 Å². The molecule has 0 saturated carbocycles. The van der Waals surface area contributed by atoms with Crippen LogP contribution in [0.5, 0.6) is 0 Å². The number of amides is 1. The number of nitriles is 1. The molecule has 0 radical (unpaired) electrons. The number of carbonyl (C=O) groups is 2. The standard InChI is InChI=1S/C20H18N2O3/c1-14(17-8-5-16(13-21)6-9-17)22-19(23)12-7-15-3-10-18(11-4-15)20(24)25-2/h3-12,14H,1-2H3,(H,22,23)/b12-7+. The number of benzene rings is 2. The third-order valence-electron chi connectivity index (χ3n) is 3.66. The van der Waals surface area contributed by atoms with Crippen molar-refractivity contribution in [2.24, 2.45) is 0 Å². The molecule has 0 fully saturated rings. The van der Waals surface area contributed by atoms with Crippen LogP contribution in [0.25, 0.3) is 6.08 Å². The van der Waals surface area contributed by atoms with Crippen LogP contribution in [-0.2, 0) is 9.53 Å². The second kappa shape index (κ2) is 8.46. The monoisotopic (exact) mass is 334 g/mol. The molecule has 2 rings (SSSR count). The summed E-state index contributed by atoms with van der Waals surface area (Å²) in [5, 5.41) is 11.7. The largest absolute Gasteiger partial charge is 0.465 e. The molecular formula is C20H18N2O3. The van der Waals surface area contributed by atoms with Crippen LogP contribution in [-0.4, -0.2) is 19.0 Å². The average Bonchev–Trinajstić information content (AvgIpc) is 2.66. The van der Waals surface area contributed by atoms with Crippen LogP contribution in [0.1, 0.15) is 40.0 Å². The molecular weight excluding hydrogens is 316 g/mol. The number of esters is 1. The molecule has 126 valence electrons. The van der Waals surface area contributed by atoms with Crippen LogP contribution < -0.4 is 5.32 Å². The first kappa shape index (κ1) is 18.0. The van der Waals surface area contributed by atoms with Crippen LogP contribution >= 0.6 is 0 Å². The lowest BCUT2D eigenvalue weighted by molar-refractivity contribution is -0.117. The van der Waals surface area contributed by atoms with E-state index in [1.807, 2.05) is 19.1 Å². The fourth-order valence-electron chi connectivity index (χ4n) is 2.21. The predicted octanol–water partition coefficient (Wildman–Crippen LogP) is 3.24. The summed E-state index contributed by atoms with van der Waals surface area (Å²) in [6.07, 6.45) is 3.11. The molecule has 25 heavy (non-hydrogen) atoms. The van der Waals surface area contributed by atoms with Crippen molar-refractivity contribution in [2.75, 3.05) is 7.11 Å². The summed E-state index contributed by atoms with van der Waals surface area (Å²) in [5.74, 6) is -0.626. The molecule has 5 heteroatoms. The zero-order valence-electron chi connectivity index (χ0n) is 14.0. The molecule has 0 saturated heterocycles. The minimum Gasteiger partial charge on any atom is -0.465 e. The number of hydrogen-bond acceptors (Lipinski definition) is 4. The van der Waals surface area contributed by atoms with E-state index in [-0.39, 0.29) is 11.9 Å². The zero-order chi connectivity index (χ0) is 18.2. The van der Waals surface area contributed by atoms with Gasteiger partial charge in [-0.05, 0) is 48.4 Å². The Balaban J connectivity index is 1.95. The highest BCUT2D eigenvalue weighted by Crippen LogP contribution is 2.13. The Labute approximate surface area is 146 Å². The summed E-state index contributed by atoms with van der Waals surface area (Å²) in [6.45, 7) is 1.87. The molecule has 0 spiro atoms. The SMILES string of the molecule is COC(=O)c1ccc(/C=C/C(=O)NC(C)c2ccc(C#N)cc2)cc1. The molecule has 0 bridgehead atoms. The van der Waals surface area contributed by atoms with Gasteiger partial charge in [0, 0.05) is 6.08 Å². The van der Waals surface area contributed by atoms with Crippen molar-refractivity contribution in [1.29, 1.82) is 5.26 Å². The van der Waals surface area contributed by atoms with Crippen molar-refractivity contribution in [2.45, 2.75) is 13.0 Å². The van der Waals surface area contributed by atoms with Crippen molar-refractivity contribution in [3.05, 3.63) is 76.9 Å². The van der Waals surface area contributed by atoms with E-state index >= 15 is 0 Å². The lowest BCUT2D eigenvalue weighted by atomic mass is 10.1. The Kier molecular flexibility index (Phi) is 6.08. The Morgan fingerprint density at radius 2 is 1.76 bits per heavy atom. The first-order valence-corrected chi connectivity index (χ1v) is 7.70. The molecule has 1 atom stereocenters. The summed E-state index contributed by atoms with van der Waals surface area (Å²) in [5.41, 5.74) is 2.76. The fraction of sp³-hybridized carbons (Fsp3) is 0.150. The molecule has 0 heterocycles. The number of rotatable bonds is 5. The van der Waals surface area contributed by atoms with Gasteiger partial charge in [0.2, 0.25) is 5.91 Å². The number of nitrogens with one attached hydrogen (secondary N) is 1. The maximum Gasteiger partial charge on any atom is 0.337 e. The van der Waals surface area contributed by atoms with Crippen molar-refractivity contribution in [3.8, 4) is 6.07 Å². The van der Waals surface area contributed by atoms with E-state index in [9.17, 15) is 9.59 Å². The first-order chi connectivity index (χ1) is 12.0. The number of nitrogens with zero attached hydrogens (tertiary/aromatic N) is 1. The quantitative estimate of drug-likeness (QED) is 0.672. The van der Waals surface area contributed by atoms with Gasteiger partial charge in [0.15, 0.2) is 0 Å². The Bertz CT molecular complexity index is 816. The van der Waals surface area contributed by atoms with E-state index in [1.54, 1.807) is 42.5 Å². The summed E-state index contributed by atoms with van der Waals surface area (Å²) in [6, 6.07) is 15.7. The van der Waals surface area contributed by atoms with Crippen LogP contribution in [0.3, 0.4) is 0 Å². The van der Waals surface area contributed by atoms with Gasteiger partial charge in [0.05, 0.1) is 30.3 Å². The predicted molar refractivity (Wildman–Crippen MR) is 94.5 cm³/mol. The molecule has 0 aliphatic rings. The number of methoxy groups -OCH3 is 1. The Morgan fingerprint density at radius 3 is 2.32 bits per heavy atom. The Hall–Kier alpha value is -3.39. The molecule has 2 aromatic carbocycles. The lowest BCUT2D eigenvalue weighted by Crippen LogP contribution is -2.24. The van der Waals surface area contributed by atoms with E-state index in [0.717, 1.165) is 11.1 Å². The Morgan fingerprint density at radius 1 is 1.12 bits per heavy atom. The van der Waals surface area contributed by atoms with Crippen LogP contribution in [0.2, 0.25) is 0 Å². The maximum atomic E-state index is 12.0. The van der Waals surface area contributed by atoms with Crippen molar-refractivity contribution < 1.29 is 14.3 Å². The molecule has 2 aromatic rings. The van der Waals surface area contributed by atoms with Gasteiger partial charge < -0.3 is 10.1 Å². The van der Waals surface area contributed by atoms with Crippen molar-refractivity contribution in [3.63, 3.8) is 0 Å². The topological polar surface area (TPSA) is 79.2 Å². The molecule has 1 amide bonds. The summed E-state index contributed by atoms with van der Waals surface area (Å²) < 4.78 is 4.64. The van der Waals surface area contributed by atoms with E-state index < -0.39 is 5.97 Å². The average molecular weight is 334 g/mol. The van der Waals surface area contributed by atoms with Gasteiger partial charge >= 0.3 is 5.97 Å². The molecule has 0 aliphatic heterocycles. The van der Waals surface area contributed by atoms with Gasteiger partial charge in [0.25, 0.3) is 0 Å². The number of hydrogen-bond donors (Lipinski definition) is 1. The number of carbonyl (C=O) groups excluding carboxylic acids is 2. The van der Waals surface area contributed by atoms with Gasteiger partial charge in [-0.1, -0.05) is 24.3 Å². The van der Waals surface area contributed by atoms with Crippen LogP contribution in [0, 0.1) is 11.3 Å². The van der Waals surface area contributed by atoms with E-state index in [4.69, 9.17) is 5.26 Å². The molecule has 0 aromatic heterocycles. The van der Waals surface area contributed by atoms with Gasteiger partial charge in [-0.15, -0.1) is 0 Å². The second-order valence-corrected chi connectivity index (χ2v) is 5.41. The van der Waals surface area contributed by atoms with Crippen molar-refractivity contribution >= 4 is 18.0 Å². The molecule has 1 N–H and O–H groups in total. The van der Waals surface area contributed by atoms with Crippen molar-refractivity contribution in [1.82, 2.24) is 5.32 Å². The molecule has 5 nitrogen and oxygen atoms in total. The second-order valence-electron chi connectivity index (χ2n) is 5.41. The smallest absolute Gasteiger partial charge is 0.337 e. The molecule has 1 unspecified atom stereocenters. The van der Waals surface area contributed by atoms with Crippen LogP contribution in [0.4, 0.5) is 0 Å². The number of ether oxygens (including phenoxy) is 1. The van der Waals surface area contributed by atoms with Crippen LogP contribution in [0.15, 0.2) is 54.6 Å². The highest BCUT2D eigenvalue weighted by Gasteiger charge is 2.07. The lowest BCUT2D eigenvalue weighted by Gasteiger charge is -2.12. The maximum absolute atomic E-state index is 12.0. The normalized spacial score (nSPS) is 11.6. The first-order valence-electron chi connectivity index (χ1n) is 7.70. The summed E-state index contributed by atoms with van der Waals surface area (Å²) >= 11 is 0.